The topological polar surface area (TPSA) is 75.2 Å². The molecule has 2 N–H and O–H groups in total. The lowest BCUT2D eigenvalue weighted by Crippen LogP contribution is -2.42. The molecule has 164 valence electrons. The predicted molar refractivity (Wildman–Crippen MR) is 127 cm³/mol. The summed E-state index contributed by atoms with van der Waals surface area (Å²) < 4.78 is 10.6. The maximum Gasteiger partial charge on any atom is 0.224 e. The van der Waals surface area contributed by atoms with Gasteiger partial charge in [-0.05, 0) is 43.4 Å². The number of hydrogen-bond donors (Lipinski definition) is 2. The maximum atomic E-state index is 12.4. The molecule has 1 aliphatic rings. The van der Waals surface area contributed by atoms with E-state index in [1.807, 2.05) is 30.0 Å². The van der Waals surface area contributed by atoms with Crippen molar-refractivity contribution in [3.05, 3.63) is 23.8 Å². The Balaban J connectivity index is 0.00000420. The third kappa shape index (κ3) is 8.28. The van der Waals surface area contributed by atoms with Gasteiger partial charge in [0.25, 0.3) is 0 Å². The number of likely N-dealkylation sites (tertiary alicyclic amines) is 1. The summed E-state index contributed by atoms with van der Waals surface area (Å²) in [7, 11) is 3.24. The van der Waals surface area contributed by atoms with E-state index in [0.717, 1.165) is 31.6 Å². The number of aliphatic imine (C=N–C) groups is 1. The quantitative estimate of drug-likeness (QED) is 0.315. The first kappa shape index (κ1) is 25.3. The molecular formula is C21H35IN4O3. The fourth-order valence-corrected chi connectivity index (χ4v) is 3.35. The molecule has 1 heterocycles. The fraction of sp³-hybridized carbons (Fsp3) is 0.619. The number of nitrogens with zero attached hydrogens (tertiary/aromatic N) is 2. The smallest absolute Gasteiger partial charge is 0.224 e. The van der Waals surface area contributed by atoms with E-state index in [-0.39, 0.29) is 29.9 Å². The number of carbonyl (C=O) groups is 1. The summed E-state index contributed by atoms with van der Waals surface area (Å²) in [6.07, 6.45) is 2.80. The number of ether oxygens (including phenoxy) is 2. The number of halogens is 1. The molecule has 7 nitrogen and oxygen atoms in total. The third-order valence-electron chi connectivity index (χ3n) is 4.85. The van der Waals surface area contributed by atoms with Gasteiger partial charge in [-0.25, -0.2) is 4.99 Å². The van der Waals surface area contributed by atoms with E-state index >= 15 is 0 Å². The molecule has 1 fully saturated rings. The number of methoxy groups -OCH3 is 2. The fourth-order valence-electron chi connectivity index (χ4n) is 3.35. The van der Waals surface area contributed by atoms with Crippen LogP contribution >= 0.6 is 24.0 Å². The Labute approximate surface area is 191 Å². The maximum absolute atomic E-state index is 12.4. The van der Waals surface area contributed by atoms with E-state index < -0.39 is 0 Å². The van der Waals surface area contributed by atoms with Gasteiger partial charge in [-0.1, -0.05) is 13.0 Å². The molecule has 1 saturated heterocycles. The molecule has 1 aliphatic heterocycles. The lowest BCUT2D eigenvalue weighted by Gasteiger charge is -2.31. The molecule has 0 radical (unpaired) electrons. The van der Waals surface area contributed by atoms with E-state index in [4.69, 9.17) is 9.47 Å². The summed E-state index contributed by atoms with van der Waals surface area (Å²) in [5.74, 6) is 2.92. The van der Waals surface area contributed by atoms with E-state index in [9.17, 15) is 4.79 Å². The van der Waals surface area contributed by atoms with Crippen LogP contribution in [0.4, 0.5) is 0 Å². The van der Waals surface area contributed by atoms with Crippen molar-refractivity contribution in [3.8, 4) is 11.5 Å². The molecule has 29 heavy (non-hydrogen) atoms. The van der Waals surface area contributed by atoms with Crippen LogP contribution in [0.2, 0.25) is 0 Å². The summed E-state index contributed by atoms with van der Waals surface area (Å²) in [4.78, 5) is 19.0. The highest BCUT2D eigenvalue weighted by molar-refractivity contribution is 14.0. The summed E-state index contributed by atoms with van der Waals surface area (Å²) >= 11 is 0. The van der Waals surface area contributed by atoms with Crippen molar-refractivity contribution in [1.82, 2.24) is 15.5 Å². The molecule has 1 unspecified atom stereocenters. The van der Waals surface area contributed by atoms with Crippen molar-refractivity contribution < 1.29 is 14.3 Å². The molecule has 0 spiro atoms. The van der Waals surface area contributed by atoms with E-state index in [1.54, 1.807) is 14.2 Å². The van der Waals surface area contributed by atoms with Crippen LogP contribution in [0.25, 0.3) is 0 Å². The normalized spacial score (nSPS) is 16.6. The number of amides is 1. The summed E-state index contributed by atoms with van der Waals surface area (Å²) in [5.41, 5.74) is 1.02. The standard InChI is InChI=1S/C21H34N4O3.HI/c1-5-22-21(23-11-10-20(26)25-12-6-7-16(2)15-25)24-14-17-8-9-18(27-3)19(13-17)28-4;/h8-9,13,16H,5-7,10-12,14-15H2,1-4H3,(H2,22,23,24);1H. The summed E-state index contributed by atoms with van der Waals surface area (Å²) in [6.45, 7) is 7.84. The lowest BCUT2D eigenvalue weighted by molar-refractivity contribution is -0.132. The van der Waals surface area contributed by atoms with Crippen LogP contribution in [0.5, 0.6) is 11.5 Å². The highest BCUT2D eigenvalue weighted by Crippen LogP contribution is 2.27. The minimum Gasteiger partial charge on any atom is -0.493 e. The van der Waals surface area contributed by atoms with Crippen molar-refractivity contribution >= 4 is 35.8 Å². The first-order valence-corrected chi connectivity index (χ1v) is 10.1. The van der Waals surface area contributed by atoms with Crippen molar-refractivity contribution in [2.24, 2.45) is 10.9 Å². The van der Waals surface area contributed by atoms with Gasteiger partial charge in [-0.2, -0.15) is 0 Å². The number of guanidine groups is 1. The number of hydrogen-bond acceptors (Lipinski definition) is 4. The summed E-state index contributed by atoms with van der Waals surface area (Å²) in [6, 6.07) is 5.77. The Morgan fingerprint density at radius 3 is 2.66 bits per heavy atom. The van der Waals surface area contributed by atoms with Gasteiger partial charge in [0.05, 0.1) is 20.8 Å². The van der Waals surface area contributed by atoms with Gasteiger partial charge in [0.15, 0.2) is 17.5 Å². The average molecular weight is 518 g/mol. The lowest BCUT2D eigenvalue weighted by atomic mass is 10.00. The van der Waals surface area contributed by atoms with Gasteiger partial charge in [-0.15, -0.1) is 24.0 Å². The zero-order chi connectivity index (χ0) is 20.4. The van der Waals surface area contributed by atoms with Crippen LogP contribution < -0.4 is 20.1 Å². The zero-order valence-electron chi connectivity index (χ0n) is 18.0. The van der Waals surface area contributed by atoms with Gasteiger partial charge in [-0.3, -0.25) is 4.79 Å². The van der Waals surface area contributed by atoms with Crippen LogP contribution in [0, 0.1) is 5.92 Å². The van der Waals surface area contributed by atoms with E-state index in [2.05, 4.69) is 22.5 Å². The second kappa shape index (κ2) is 13.5. The molecule has 2 rings (SSSR count). The molecule has 1 amide bonds. The number of nitrogens with one attached hydrogen (secondary N) is 2. The van der Waals surface area contributed by atoms with Crippen LogP contribution in [0.3, 0.4) is 0 Å². The molecule has 1 aromatic carbocycles. The van der Waals surface area contributed by atoms with Gasteiger partial charge >= 0.3 is 0 Å². The molecule has 0 saturated carbocycles. The Kier molecular flexibility index (Phi) is 11.8. The SMILES string of the molecule is CCNC(=NCc1ccc(OC)c(OC)c1)NCCC(=O)N1CCCC(C)C1.I. The van der Waals surface area contributed by atoms with Gasteiger partial charge in [0, 0.05) is 32.6 Å². The highest BCUT2D eigenvalue weighted by atomic mass is 127. The second-order valence-corrected chi connectivity index (χ2v) is 7.15. The number of piperidine rings is 1. The van der Waals surface area contributed by atoms with Crippen molar-refractivity contribution in [1.29, 1.82) is 0 Å². The molecule has 1 atom stereocenters. The minimum atomic E-state index is 0. The molecule has 0 bridgehead atoms. The minimum absolute atomic E-state index is 0. The van der Waals surface area contributed by atoms with Gasteiger partial charge < -0.3 is 25.0 Å². The van der Waals surface area contributed by atoms with Crippen LogP contribution in [0.15, 0.2) is 23.2 Å². The average Bonchev–Trinajstić information content (AvgIpc) is 2.71. The van der Waals surface area contributed by atoms with Gasteiger partial charge in [0.1, 0.15) is 0 Å². The predicted octanol–water partition coefficient (Wildman–Crippen LogP) is 3.03. The Bertz CT molecular complexity index is 669. The second-order valence-electron chi connectivity index (χ2n) is 7.15. The number of carbonyl (C=O) groups excluding carboxylic acids is 1. The first-order valence-electron chi connectivity index (χ1n) is 10.1. The number of rotatable bonds is 8. The summed E-state index contributed by atoms with van der Waals surface area (Å²) in [5, 5.41) is 6.48. The molecule has 0 aliphatic carbocycles. The van der Waals surface area contributed by atoms with Crippen molar-refractivity contribution in [3.63, 3.8) is 0 Å². The molecular weight excluding hydrogens is 483 g/mol. The molecule has 8 heteroatoms. The zero-order valence-corrected chi connectivity index (χ0v) is 20.3. The van der Waals surface area contributed by atoms with Crippen LogP contribution in [-0.2, 0) is 11.3 Å². The molecule has 0 aromatic heterocycles. The Morgan fingerprint density at radius 1 is 1.24 bits per heavy atom. The monoisotopic (exact) mass is 518 g/mol. The van der Waals surface area contributed by atoms with Crippen LogP contribution in [0.1, 0.15) is 38.7 Å². The van der Waals surface area contributed by atoms with E-state index in [0.29, 0.717) is 42.9 Å². The number of benzene rings is 1. The highest BCUT2D eigenvalue weighted by Gasteiger charge is 2.20. The Hall–Kier alpha value is -1.71. The third-order valence-corrected chi connectivity index (χ3v) is 4.85. The largest absolute Gasteiger partial charge is 0.493 e. The first-order chi connectivity index (χ1) is 13.6. The molecule has 1 aromatic rings. The Morgan fingerprint density at radius 2 is 2.00 bits per heavy atom. The van der Waals surface area contributed by atoms with Crippen molar-refractivity contribution in [2.45, 2.75) is 39.7 Å². The van der Waals surface area contributed by atoms with Crippen molar-refractivity contribution in [2.75, 3.05) is 40.4 Å². The van der Waals surface area contributed by atoms with E-state index in [1.165, 1.54) is 6.42 Å². The van der Waals surface area contributed by atoms with Crippen LogP contribution in [-0.4, -0.2) is 57.2 Å². The van der Waals surface area contributed by atoms with Gasteiger partial charge in [0.2, 0.25) is 5.91 Å².